The molecule has 0 amide bonds. The summed E-state index contributed by atoms with van der Waals surface area (Å²) in [7, 11) is 0. The average Bonchev–Trinajstić information content (AvgIpc) is 2.03. The predicted octanol–water partition coefficient (Wildman–Crippen LogP) is 1.33. The molecule has 0 aromatic heterocycles. The van der Waals surface area contributed by atoms with Crippen molar-refractivity contribution >= 4 is 5.97 Å². The van der Waals surface area contributed by atoms with Crippen LogP contribution in [0.3, 0.4) is 0 Å². The first-order valence-corrected chi connectivity index (χ1v) is 5.06. The summed E-state index contributed by atoms with van der Waals surface area (Å²) in [6.45, 7) is 6.57. The van der Waals surface area contributed by atoms with E-state index in [1.54, 1.807) is 0 Å². The van der Waals surface area contributed by atoms with E-state index in [9.17, 15) is 4.79 Å². The van der Waals surface area contributed by atoms with Gasteiger partial charge in [-0.05, 0) is 33.6 Å². The molecule has 3 nitrogen and oxygen atoms in total. The number of nitrogens with one attached hydrogen (secondary N) is 1. The topological polar surface area (TPSA) is 38.3 Å². The molecule has 0 radical (unpaired) electrons. The largest absolute Gasteiger partial charge is 0.466 e. The Hall–Kier alpha value is -0.570. The second-order valence-corrected chi connectivity index (χ2v) is 3.89. The van der Waals surface area contributed by atoms with Crippen LogP contribution in [0.15, 0.2) is 0 Å². The van der Waals surface area contributed by atoms with Crippen LogP contribution in [0.2, 0.25) is 0 Å². The van der Waals surface area contributed by atoms with Crippen LogP contribution in [-0.2, 0) is 9.53 Å². The molecule has 1 N–H and O–H groups in total. The van der Waals surface area contributed by atoms with E-state index < -0.39 is 0 Å². The number of ether oxygens (including phenoxy) is 1. The van der Waals surface area contributed by atoms with Gasteiger partial charge in [0.15, 0.2) is 0 Å². The number of hydrogen-bond acceptors (Lipinski definition) is 3. The van der Waals surface area contributed by atoms with E-state index in [0.717, 1.165) is 12.8 Å². The number of carbonyl (C=O) groups excluding carboxylic acids is 1. The Morgan fingerprint density at radius 3 is 2.38 bits per heavy atom. The van der Waals surface area contributed by atoms with Crippen LogP contribution in [0.5, 0.6) is 0 Å². The van der Waals surface area contributed by atoms with Crippen molar-refractivity contribution in [3.63, 3.8) is 0 Å². The monoisotopic (exact) mass is 185 g/mol. The van der Waals surface area contributed by atoms with Gasteiger partial charge in [-0.15, -0.1) is 0 Å². The lowest BCUT2D eigenvalue weighted by Crippen LogP contribution is -2.44. The zero-order valence-corrected chi connectivity index (χ0v) is 8.67. The van der Waals surface area contributed by atoms with Crippen molar-refractivity contribution in [2.45, 2.75) is 45.7 Å². The molecule has 0 aliphatic carbocycles. The number of hydrogen-bond donors (Lipinski definition) is 1. The summed E-state index contributed by atoms with van der Waals surface area (Å²) in [4.78, 5) is 11.4. The molecule has 1 unspecified atom stereocenters. The fourth-order valence-electron chi connectivity index (χ4n) is 2.02. The minimum Gasteiger partial charge on any atom is -0.466 e. The Morgan fingerprint density at radius 1 is 1.38 bits per heavy atom. The maximum Gasteiger partial charge on any atom is 0.309 e. The van der Waals surface area contributed by atoms with E-state index in [0.29, 0.717) is 18.7 Å². The molecule has 0 bridgehead atoms. The zero-order valence-electron chi connectivity index (χ0n) is 8.67. The number of carbonyl (C=O) groups is 1. The van der Waals surface area contributed by atoms with Gasteiger partial charge >= 0.3 is 5.97 Å². The second-order valence-electron chi connectivity index (χ2n) is 3.89. The summed E-state index contributed by atoms with van der Waals surface area (Å²) < 4.78 is 5.01. The highest BCUT2D eigenvalue weighted by Gasteiger charge is 2.29. The first-order valence-electron chi connectivity index (χ1n) is 5.06. The number of esters is 1. The third-order valence-corrected chi connectivity index (χ3v) is 2.47. The van der Waals surface area contributed by atoms with Crippen LogP contribution in [0, 0.1) is 5.92 Å². The first kappa shape index (κ1) is 10.5. The van der Waals surface area contributed by atoms with Gasteiger partial charge in [0.2, 0.25) is 0 Å². The molecule has 76 valence electrons. The van der Waals surface area contributed by atoms with E-state index in [-0.39, 0.29) is 11.9 Å². The predicted molar refractivity (Wildman–Crippen MR) is 51.4 cm³/mol. The summed E-state index contributed by atoms with van der Waals surface area (Å²) in [5.74, 6) is 0.0777. The van der Waals surface area contributed by atoms with Crippen molar-refractivity contribution in [2.75, 3.05) is 6.61 Å². The minimum atomic E-state index is -0.0253. The highest BCUT2D eigenvalue weighted by Crippen LogP contribution is 2.21. The molecular weight excluding hydrogens is 166 g/mol. The number of piperidine rings is 1. The van der Waals surface area contributed by atoms with Gasteiger partial charge in [-0.25, -0.2) is 0 Å². The molecule has 13 heavy (non-hydrogen) atoms. The quantitative estimate of drug-likeness (QED) is 0.659. The molecule has 0 spiro atoms. The third kappa shape index (κ3) is 2.99. The van der Waals surface area contributed by atoms with Crippen molar-refractivity contribution < 1.29 is 9.53 Å². The summed E-state index contributed by atoms with van der Waals surface area (Å²) in [6, 6.07) is 0.858. The Bertz CT molecular complexity index is 172. The third-order valence-electron chi connectivity index (χ3n) is 2.47. The molecule has 0 saturated carbocycles. The van der Waals surface area contributed by atoms with Crippen LogP contribution in [0.25, 0.3) is 0 Å². The maximum absolute atomic E-state index is 11.4. The zero-order chi connectivity index (χ0) is 9.84. The molecule has 1 fully saturated rings. The standard InChI is InChI=1S/C10H19NO2/c1-4-13-10(12)9-5-7(2)11-8(3)6-9/h7-9,11H,4-6H2,1-3H3/t7-,8+,9?. The van der Waals surface area contributed by atoms with Crippen molar-refractivity contribution in [3.8, 4) is 0 Å². The molecule has 1 aliphatic rings. The highest BCUT2D eigenvalue weighted by molar-refractivity contribution is 5.72. The average molecular weight is 185 g/mol. The van der Waals surface area contributed by atoms with E-state index in [1.165, 1.54) is 0 Å². The van der Waals surface area contributed by atoms with E-state index in [4.69, 9.17) is 4.74 Å². The Kier molecular flexibility index (Phi) is 3.72. The van der Waals surface area contributed by atoms with E-state index in [1.807, 2.05) is 6.92 Å². The van der Waals surface area contributed by atoms with Gasteiger partial charge in [0.1, 0.15) is 0 Å². The van der Waals surface area contributed by atoms with Crippen LogP contribution in [-0.4, -0.2) is 24.7 Å². The van der Waals surface area contributed by atoms with Gasteiger partial charge in [0.25, 0.3) is 0 Å². The van der Waals surface area contributed by atoms with E-state index in [2.05, 4.69) is 19.2 Å². The SMILES string of the molecule is CCOC(=O)C1C[C@@H](C)N[C@@H](C)C1. The molecular formula is C10H19NO2. The molecule has 0 aromatic carbocycles. The smallest absolute Gasteiger partial charge is 0.309 e. The van der Waals surface area contributed by atoms with Gasteiger partial charge in [-0.1, -0.05) is 0 Å². The lowest BCUT2D eigenvalue weighted by atomic mass is 9.89. The van der Waals surface area contributed by atoms with Crippen molar-refractivity contribution in [2.24, 2.45) is 5.92 Å². The van der Waals surface area contributed by atoms with Crippen LogP contribution in [0.4, 0.5) is 0 Å². The van der Waals surface area contributed by atoms with Crippen molar-refractivity contribution in [3.05, 3.63) is 0 Å². The van der Waals surface area contributed by atoms with Crippen LogP contribution >= 0.6 is 0 Å². The molecule has 3 atom stereocenters. The highest BCUT2D eigenvalue weighted by atomic mass is 16.5. The van der Waals surface area contributed by atoms with Crippen molar-refractivity contribution in [1.82, 2.24) is 5.32 Å². The van der Waals surface area contributed by atoms with Gasteiger partial charge in [-0.3, -0.25) is 4.79 Å². The fraction of sp³-hybridized carbons (Fsp3) is 0.900. The van der Waals surface area contributed by atoms with E-state index >= 15 is 0 Å². The molecule has 1 aliphatic heterocycles. The first-order chi connectivity index (χ1) is 6.13. The van der Waals surface area contributed by atoms with Crippen molar-refractivity contribution in [1.29, 1.82) is 0 Å². The maximum atomic E-state index is 11.4. The molecule has 1 rings (SSSR count). The summed E-state index contributed by atoms with van der Waals surface area (Å²) in [5, 5.41) is 3.40. The Labute approximate surface area is 79.8 Å². The normalized spacial score (nSPS) is 34.2. The van der Waals surface area contributed by atoms with Gasteiger partial charge in [-0.2, -0.15) is 0 Å². The molecule has 3 heteroatoms. The lowest BCUT2D eigenvalue weighted by molar-refractivity contribution is -0.149. The number of rotatable bonds is 2. The van der Waals surface area contributed by atoms with Gasteiger partial charge in [0.05, 0.1) is 12.5 Å². The summed E-state index contributed by atoms with van der Waals surface area (Å²) >= 11 is 0. The molecule has 0 aromatic rings. The van der Waals surface area contributed by atoms with Gasteiger partial charge in [0, 0.05) is 12.1 Å². The van der Waals surface area contributed by atoms with Gasteiger partial charge < -0.3 is 10.1 Å². The van der Waals surface area contributed by atoms with Crippen LogP contribution in [0.1, 0.15) is 33.6 Å². The fourth-order valence-corrected chi connectivity index (χ4v) is 2.02. The second kappa shape index (κ2) is 4.61. The van der Waals surface area contributed by atoms with Crippen LogP contribution < -0.4 is 5.32 Å². The Morgan fingerprint density at radius 2 is 1.92 bits per heavy atom. The summed E-state index contributed by atoms with van der Waals surface area (Å²) in [5.41, 5.74) is 0. The lowest BCUT2D eigenvalue weighted by Gasteiger charge is -2.31. The summed E-state index contributed by atoms with van der Waals surface area (Å²) in [6.07, 6.45) is 1.81. The molecule has 1 saturated heterocycles. The molecule has 1 heterocycles. The Balaban J connectivity index is 2.45. The minimum absolute atomic E-state index is 0.0253.